The molecule has 6 atom stereocenters. The monoisotopic (exact) mass is 2150 g/mol. The zero-order valence-corrected chi connectivity index (χ0v) is 87.5. The third-order valence-corrected chi connectivity index (χ3v) is 29.2. The average Bonchev–Trinajstić information content (AvgIpc) is 0.725. The smallest absolute Gasteiger partial charge is 0.276 e. The summed E-state index contributed by atoms with van der Waals surface area (Å²) < 4.78 is 49.4. The number of carbonyl (C=O) groups excluding carboxylic acids is 3. The number of benzene rings is 3. The van der Waals surface area contributed by atoms with Crippen LogP contribution in [0.1, 0.15) is 151 Å². The second kappa shape index (κ2) is 42.1. The molecule has 3 aliphatic heterocycles. The summed E-state index contributed by atoms with van der Waals surface area (Å²) in [4.78, 5) is 121. The van der Waals surface area contributed by atoms with Gasteiger partial charge in [0.05, 0.1) is 131 Å². The number of nitrogens with two attached hydrogens (primary N) is 3. The standard InChI is InChI=1S/3C33H30Cl4FN7O2/c3*1-7-21(46)44-16(5)12-43(13-17(44)6)31-18-10-20(34)29(22-23(35)26(38)25(37)27(40)24(22)36)42-32(18)45(33(47)19(31)11-39)30-15(4)8-9-41-28(30)14(2)3/h3*7-10,14,16-17H,1,12-13,40H2,2-6H3/t3*16-,17+. The first-order chi connectivity index (χ1) is 66.5. The number of nitrogens with zero attached hydrogens (tertiary/aromatic N) is 18. The number of piperazine rings is 3. The van der Waals surface area contributed by atoms with Gasteiger partial charge in [-0.15, -0.1) is 0 Å². The van der Waals surface area contributed by atoms with Gasteiger partial charge in [0, 0.05) is 127 Å². The Morgan fingerprint density at radius 1 is 0.383 bits per heavy atom. The fraction of sp³-hybridized carbons (Fsp3) is 0.303. The highest BCUT2D eigenvalue weighted by Gasteiger charge is 2.42. The molecule has 3 saturated heterocycles. The number of hydrogen-bond acceptors (Lipinski definition) is 21. The van der Waals surface area contributed by atoms with Gasteiger partial charge < -0.3 is 46.6 Å². The first-order valence-corrected chi connectivity index (χ1v) is 48.4. The van der Waals surface area contributed by atoms with Gasteiger partial charge in [-0.2, -0.15) is 15.8 Å². The van der Waals surface area contributed by atoms with Gasteiger partial charge in [-0.3, -0.25) is 57.4 Å². The quantitative estimate of drug-likeness (QED) is 0.0371. The topological polar surface area (TPSA) is 363 Å². The van der Waals surface area contributed by atoms with Crippen molar-refractivity contribution in [2.24, 2.45) is 0 Å². The molecule has 3 fully saturated rings. The van der Waals surface area contributed by atoms with Crippen molar-refractivity contribution in [3.05, 3.63) is 252 Å². The van der Waals surface area contributed by atoms with Crippen LogP contribution in [0.5, 0.6) is 0 Å². The van der Waals surface area contributed by atoms with Crippen molar-refractivity contribution in [2.75, 3.05) is 71.2 Å². The zero-order valence-electron chi connectivity index (χ0n) is 78.4. The Morgan fingerprint density at radius 3 is 0.787 bits per heavy atom. The predicted octanol–water partition coefficient (Wildman–Crippen LogP) is 23.1. The summed E-state index contributed by atoms with van der Waals surface area (Å²) >= 11 is 77.8. The van der Waals surface area contributed by atoms with Gasteiger partial charge in [0.15, 0.2) is 17.5 Å². The second-order valence-corrected chi connectivity index (χ2v) is 40.0. The summed E-state index contributed by atoms with van der Waals surface area (Å²) in [5.74, 6) is -4.10. The van der Waals surface area contributed by atoms with E-state index in [1.54, 1.807) is 51.5 Å². The van der Waals surface area contributed by atoms with Gasteiger partial charge in [-0.25, -0.2) is 28.1 Å². The molecule has 9 aromatic heterocycles. The maximum Gasteiger partial charge on any atom is 0.276 e. The van der Waals surface area contributed by atoms with Crippen LogP contribution < -0.4 is 48.6 Å². The van der Waals surface area contributed by atoms with Gasteiger partial charge in [-0.05, 0) is 151 Å². The molecular weight excluding hydrogens is 2060 g/mol. The molecule has 3 aliphatic rings. The van der Waals surface area contributed by atoms with Crippen LogP contribution >= 0.6 is 139 Å². The molecule has 15 rings (SSSR count). The molecule has 12 aromatic rings. The molecule has 141 heavy (non-hydrogen) atoms. The number of nitriles is 3. The van der Waals surface area contributed by atoms with Crippen LogP contribution in [0.25, 0.3) is 83.9 Å². The average molecular weight is 2150 g/mol. The largest absolute Gasteiger partial charge is 0.396 e. The van der Waals surface area contributed by atoms with Crippen molar-refractivity contribution >= 4 is 224 Å². The van der Waals surface area contributed by atoms with Crippen molar-refractivity contribution in [3.63, 3.8) is 0 Å². The van der Waals surface area contributed by atoms with E-state index in [2.05, 4.69) is 52.9 Å². The van der Waals surface area contributed by atoms with Crippen LogP contribution in [-0.4, -0.2) is 152 Å². The van der Waals surface area contributed by atoms with E-state index < -0.39 is 64.3 Å². The highest BCUT2D eigenvalue weighted by molar-refractivity contribution is 6.48. The third-order valence-electron chi connectivity index (χ3n) is 24.9. The lowest BCUT2D eigenvalue weighted by molar-refractivity contribution is -0.131. The highest BCUT2D eigenvalue weighted by atomic mass is 35.5. The number of fused-ring (bicyclic) bond motifs is 3. The summed E-state index contributed by atoms with van der Waals surface area (Å²) in [6.07, 6.45) is 8.70. The number of nitrogen functional groups attached to an aromatic ring is 3. The molecule has 42 heteroatoms. The molecule has 732 valence electrons. The van der Waals surface area contributed by atoms with Crippen LogP contribution in [0.4, 0.5) is 47.3 Å². The molecule has 0 unspecified atom stereocenters. The Kier molecular flexibility index (Phi) is 31.9. The molecular formula is C99H90Cl12F3N21O6. The van der Waals surface area contributed by atoms with Crippen molar-refractivity contribution < 1.29 is 27.6 Å². The number of amides is 3. The van der Waals surface area contributed by atoms with E-state index >= 15 is 13.2 Å². The summed E-state index contributed by atoms with van der Waals surface area (Å²) in [7, 11) is 0. The Hall–Kier alpha value is -11.6. The molecule has 0 aliphatic carbocycles. The molecule has 0 saturated carbocycles. The fourth-order valence-electron chi connectivity index (χ4n) is 18.8. The summed E-state index contributed by atoms with van der Waals surface area (Å²) in [6, 6.07) is 14.4. The number of aromatic nitrogens is 9. The number of carbonyl (C=O) groups is 3. The normalized spacial score (nSPS) is 16.6. The minimum Gasteiger partial charge on any atom is -0.396 e. The number of hydrogen-bond donors (Lipinski definition) is 3. The number of pyridine rings is 9. The second-order valence-electron chi connectivity index (χ2n) is 35.3. The molecule has 0 bridgehead atoms. The molecule has 0 spiro atoms. The summed E-state index contributed by atoms with van der Waals surface area (Å²) in [5.41, 5.74) is 20.6. The Morgan fingerprint density at radius 2 is 0.596 bits per heavy atom. The number of halogens is 15. The molecule has 27 nitrogen and oxygen atoms in total. The van der Waals surface area contributed by atoms with Crippen molar-refractivity contribution in [1.82, 2.24) is 58.3 Å². The minimum absolute atomic E-state index is 0.00804. The maximum atomic E-state index is 15.1. The fourth-order valence-corrected chi connectivity index (χ4v) is 22.2. The Bertz CT molecular complexity index is 6860. The lowest BCUT2D eigenvalue weighted by Gasteiger charge is -2.45. The van der Waals surface area contributed by atoms with Crippen molar-refractivity contribution in [2.45, 2.75) is 158 Å². The van der Waals surface area contributed by atoms with Gasteiger partial charge >= 0.3 is 0 Å². The zero-order chi connectivity index (χ0) is 104. The molecule has 3 aromatic carbocycles. The van der Waals surface area contributed by atoms with Crippen LogP contribution in [-0.2, 0) is 14.4 Å². The Balaban J connectivity index is 0.000000178. The van der Waals surface area contributed by atoms with E-state index in [1.807, 2.05) is 119 Å². The third kappa shape index (κ3) is 18.8. The lowest BCUT2D eigenvalue weighted by atomic mass is 10.0. The van der Waals surface area contributed by atoms with Crippen LogP contribution in [0.3, 0.4) is 0 Å². The molecule has 6 N–H and O–H groups in total. The summed E-state index contributed by atoms with van der Waals surface area (Å²) in [5, 5.41) is 29.4. The van der Waals surface area contributed by atoms with E-state index in [-0.39, 0.29) is 226 Å². The highest BCUT2D eigenvalue weighted by Crippen LogP contribution is 2.53. The predicted molar refractivity (Wildman–Crippen MR) is 560 cm³/mol. The van der Waals surface area contributed by atoms with Crippen molar-refractivity contribution in [1.29, 1.82) is 15.8 Å². The number of anilines is 6. The molecule has 12 heterocycles. The number of aryl methyl sites for hydroxylation is 3. The van der Waals surface area contributed by atoms with E-state index in [1.165, 1.54) is 50.1 Å². The van der Waals surface area contributed by atoms with Gasteiger partial charge in [0.1, 0.15) is 66.9 Å². The van der Waals surface area contributed by atoms with Crippen LogP contribution in [0.2, 0.25) is 60.3 Å². The van der Waals surface area contributed by atoms with E-state index in [4.69, 9.17) is 171 Å². The van der Waals surface area contributed by atoms with Gasteiger partial charge in [0.2, 0.25) is 17.7 Å². The van der Waals surface area contributed by atoms with Gasteiger partial charge in [0.25, 0.3) is 16.7 Å². The molecule has 0 radical (unpaired) electrons. The SMILES string of the molecule is C=CC(=O)N1[C@H](C)CN(c2c(C#N)c(=O)n(-c3c(C)ccnc3C(C)C)c3nc(-c4c(Cl)c(N)c(Cl)c(F)c4Cl)c(Cl)cc23)C[C@@H]1C.C=CC(=O)N1[C@H](C)CN(c2c(C#N)c(=O)n(-c3c(C)ccnc3C(C)C)c3nc(-c4c(Cl)c(N)c(Cl)c(F)c4Cl)c(Cl)cc23)C[C@@H]1C.C=CC(=O)N1[C@H](C)CN(c2c(C#N)c(=O)n(-c3c(C)ccnc3C(C)C)c3nc(-c4c(Cl)c(N)c(Cl)c(F)c4Cl)c(Cl)cc23)C[C@@H]1C. The Labute approximate surface area is 869 Å². The van der Waals surface area contributed by atoms with Gasteiger partial charge in [-0.1, -0.05) is 200 Å². The lowest BCUT2D eigenvalue weighted by Crippen LogP contribution is -2.58. The van der Waals surface area contributed by atoms with Crippen molar-refractivity contribution in [3.8, 4) is 69.0 Å². The first-order valence-electron chi connectivity index (χ1n) is 43.9. The minimum atomic E-state index is -1.01. The van der Waals surface area contributed by atoms with Crippen LogP contribution in [0.15, 0.2) is 107 Å². The summed E-state index contributed by atoms with van der Waals surface area (Å²) in [6.45, 7) is 40.9. The van der Waals surface area contributed by atoms with E-state index in [0.717, 1.165) is 0 Å². The van der Waals surface area contributed by atoms with Crippen LogP contribution in [0, 0.1) is 72.2 Å². The first kappa shape index (κ1) is 107. The van der Waals surface area contributed by atoms with E-state index in [0.29, 0.717) is 84.1 Å². The number of rotatable bonds is 15. The maximum absolute atomic E-state index is 15.1. The molecule has 3 amide bonds. The van der Waals surface area contributed by atoms with E-state index in [9.17, 15) is 44.6 Å².